The van der Waals surface area contributed by atoms with E-state index < -0.39 is 11.9 Å². The molecule has 0 heterocycles. The van der Waals surface area contributed by atoms with Crippen LogP contribution in [-0.2, 0) is 9.59 Å². The first-order valence-electron chi connectivity index (χ1n) is 14.3. The molecule has 1 rings (SSSR count). The van der Waals surface area contributed by atoms with E-state index in [1.165, 1.54) is 57.8 Å². The van der Waals surface area contributed by atoms with E-state index in [2.05, 4.69) is 38.2 Å². The Bertz CT molecular complexity index is 595. The third kappa shape index (κ3) is 14.0. The van der Waals surface area contributed by atoms with Gasteiger partial charge in [0.05, 0.1) is 0 Å². The summed E-state index contributed by atoms with van der Waals surface area (Å²) in [6, 6.07) is 0. The fraction of sp³-hybridized carbons (Fsp3) is 0.800. The van der Waals surface area contributed by atoms with Crippen molar-refractivity contribution < 1.29 is 19.8 Å². The van der Waals surface area contributed by atoms with Crippen LogP contribution in [-0.4, -0.2) is 22.2 Å². The molecule has 0 aromatic heterocycles. The SMILES string of the molecule is CCC=CCC1C(CCCCCCCC(=O)O)C=CC(CCC)C1CCCCCCCC(=O)O. The van der Waals surface area contributed by atoms with Crippen LogP contribution in [0.4, 0.5) is 0 Å². The van der Waals surface area contributed by atoms with Crippen molar-refractivity contribution in [2.45, 2.75) is 129 Å². The van der Waals surface area contributed by atoms with Gasteiger partial charge in [-0.15, -0.1) is 0 Å². The lowest BCUT2D eigenvalue weighted by atomic mass is 9.65. The summed E-state index contributed by atoms with van der Waals surface area (Å²) in [5.74, 6) is 1.49. The minimum absolute atomic E-state index is 0.303. The highest BCUT2D eigenvalue weighted by Gasteiger charge is 2.34. The van der Waals surface area contributed by atoms with Crippen molar-refractivity contribution in [1.29, 1.82) is 0 Å². The second-order valence-corrected chi connectivity index (χ2v) is 10.3. The van der Waals surface area contributed by atoms with Gasteiger partial charge in [0.1, 0.15) is 0 Å². The van der Waals surface area contributed by atoms with Crippen LogP contribution in [0.25, 0.3) is 0 Å². The molecule has 0 saturated carbocycles. The first-order chi connectivity index (χ1) is 16.5. The lowest BCUT2D eigenvalue weighted by Crippen LogP contribution is -2.31. The molecule has 4 heteroatoms. The molecule has 2 N–H and O–H groups in total. The number of hydrogen-bond donors (Lipinski definition) is 2. The highest BCUT2D eigenvalue weighted by molar-refractivity contribution is 5.66. The zero-order valence-electron chi connectivity index (χ0n) is 22.1. The van der Waals surface area contributed by atoms with Gasteiger partial charge in [-0.25, -0.2) is 0 Å². The molecule has 196 valence electrons. The molecule has 4 unspecified atom stereocenters. The van der Waals surface area contributed by atoms with E-state index in [1.807, 2.05) is 0 Å². The van der Waals surface area contributed by atoms with E-state index in [9.17, 15) is 9.59 Å². The third-order valence-electron chi connectivity index (χ3n) is 7.54. The van der Waals surface area contributed by atoms with E-state index in [-0.39, 0.29) is 0 Å². The molecule has 0 aliphatic heterocycles. The third-order valence-corrected chi connectivity index (χ3v) is 7.54. The van der Waals surface area contributed by atoms with Crippen LogP contribution in [0.5, 0.6) is 0 Å². The lowest BCUT2D eigenvalue weighted by Gasteiger charge is -2.40. The maximum absolute atomic E-state index is 10.7. The van der Waals surface area contributed by atoms with Gasteiger partial charge in [-0.3, -0.25) is 9.59 Å². The summed E-state index contributed by atoms with van der Waals surface area (Å²) < 4.78 is 0. The monoisotopic (exact) mass is 476 g/mol. The number of rotatable bonds is 21. The predicted molar refractivity (Wildman–Crippen MR) is 142 cm³/mol. The smallest absolute Gasteiger partial charge is 0.303 e. The maximum Gasteiger partial charge on any atom is 0.303 e. The molecule has 4 nitrogen and oxygen atoms in total. The van der Waals surface area contributed by atoms with Crippen molar-refractivity contribution in [3.8, 4) is 0 Å². The van der Waals surface area contributed by atoms with Crippen molar-refractivity contribution in [3.05, 3.63) is 24.3 Å². The normalized spacial score (nSPS) is 22.4. The summed E-state index contributed by atoms with van der Waals surface area (Å²) in [5, 5.41) is 17.6. The van der Waals surface area contributed by atoms with E-state index in [0.717, 1.165) is 56.8 Å². The Morgan fingerprint density at radius 2 is 1.15 bits per heavy atom. The Hall–Kier alpha value is -1.58. The van der Waals surface area contributed by atoms with Gasteiger partial charge in [0.15, 0.2) is 0 Å². The molecular weight excluding hydrogens is 424 g/mol. The summed E-state index contributed by atoms with van der Waals surface area (Å²) in [4.78, 5) is 21.4. The number of carboxylic acid groups (broad SMARTS) is 2. The fourth-order valence-corrected chi connectivity index (χ4v) is 5.73. The molecular formula is C30H52O4. The van der Waals surface area contributed by atoms with Crippen LogP contribution in [0, 0.1) is 23.7 Å². The van der Waals surface area contributed by atoms with Crippen molar-refractivity contribution in [1.82, 2.24) is 0 Å². The van der Waals surface area contributed by atoms with Crippen molar-refractivity contribution >= 4 is 11.9 Å². The van der Waals surface area contributed by atoms with Gasteiger partial charge in [-0.05, 0) is 68.6 Å². The number of carbonyl (C=O) groups is 2. The number of carboxylic acids is 2. The number of aliphatic carboxylic acids is 2. The molecule has 0 amide bonds. The van der Waals surface area contributed by atoms with Crippen molar-refractivity contribution in [3.63, 3.8) is 0 Å². The molecule has 0 aromatic carbocycles. The molecule has 0 bridgehead atoms. The molecule has 1 aliphatic rings. The van der Waals surface area contributed by atoms with Gasteiger partial charge in [0, 0.05) is 12.8 Å². The van der Waals surface area contributed by atoms with Gasteiger partial charge in [-0.1, -0.05) is 95.9 Å². The molecule has 0 saturated heterocycles. The summed E-state index contributed by atoms with van der Waals surface area (Å²) in [7, 11) is 0. The van der Waals surface area contributed by atoms with E-state index in [1.54, 1.807) is 0 Å². The molecule has 4 atom stereocenters. The van der Waals surface area contributed by atoms with Gasteiger partial charge < -0.3 is 10.2 Å². The van der Waals surface area contributed by atoms with Crippen LogP contribution in [0.15, 0.2) is 24.3 Å². The van der Waals surface area contributed by atoms with Gasteiger partial charge in [0.25, 0.3) is 0 Å². The average Bonchev–Trinajstić information content (AvgIpc) is 2.79. The van der Waals surface area contributed by atoms with Crippen LogP contribution < -0.4 is 0 Å². The summed E-state index contributed by atoms with van der Waals surface area (Å²) in [6.07, 6.45) is 28.7. The quantitative estimate of drug-likeness (QED) is 0.128. The van der Waals surface area contributed by atoms with E-state index in [0.29, 0.717) is 24.7 Å². The topological polar surface area (TPSA) is 74.6 Å². The highest BCUT2D eigenvalue weighted by Crippen LogP contribution is 2.43. The zero-order chi connectivity index (χ0) is 25.0. The molecule has 0 fully saturated rings. The Morgan fingerprint density at radius 1 is 0.647 bits per heavy atom. The molecule has 0 aromatic rings. The standard InChI is InChI=1S/C30H52O4/c1-3-5-12-19-28-26(18-13-8-6-10-15-21-29(31)32)24-23-25(17-4-2)27(28)20-14-9-7-11-16-22-30(33)34/h5,12,23-28H,3-4,6-11,13-22H2,1-2H3,(H,31,32)(H,33,34). The second-order valence-electron chi connectivity index (χ2n) is 10.3. The van der Waals surface area contributed by atoms with E-state index >= 15 is 0 Å². The van der Waals surface area contributed by atoms with Gasteiger partial charge in [0.2, 0.25) is 0 Å². The molecule has 34 heavy (non-hydrogen) atoms. The van der Waals surface area contributed by atoms with Crippen molar-refractivity contribution in [2.75, 3.05) is 0 Å². The molecule has 0 spiro atoms. The largest absolute Gasteiger partial charge is 0.481 e. The Kier molecular flexibility index (Phi) is 17.6. The van der Waals surface area contributed by atoms with Crippen LogP contribution in [0.2, 0.25) is 0 Å². The number of hydrogen-bond acceptors (Lipinski definition) is 2. The Morgan fingerprint density at radius 3 is 1.68 bits per heavy atom. The summed E-state index contributed by atoms with van der Waals surface area (Å²) in [6.45, 7) is 4.51. The van der Waals surface area contributed by atoms with E-state index in [4.69, 9.17) is 10.2 Å². The number of unbranched alkanes of at least 4 members (excludes halogenated alkanes) is 8. The summed E-state index contributed by atoms with van der Waals surface area (Å²) >= 11 is 0. The lowest BCUT2D eigenvalue weighted by molar-refractivity contribution is -0.138. The maximum atomic E-state index is 10.7. The van der Waals surface area contributed by atoms with Gasteiger partial charge >= 0.3 is 11.9 Å². The van der Waals surface area contributed by atoms with Crippen LogP contribution in [0.1, 0.15) is 129 Å². The van der Waals surface area contributed by atoms with Crippen molar-refractivity contribution in [2.24, 2.45) is 23.7 Å². The predicted octanol–water partition coefficient (Wildman–Crippen LogP) is 8.81. The first-order valence-corrected chi connectivity index (χ1v) is 14.3. The summed E-state index contributed by atoms with van der Waals surface area (Å²) in [5.41, 5.74) is 0. The minimum Gasteiger partial charge on any atom is -0.481 e. The molecule has 0 radical (unpaired) electrons. The molecule has 1 aliphatic carbocycles. The Balaban J connectivity index is 2.61. The van der Waals surface area contributed by atoms with Crippen LogP contribution >= 0.6 is 0 Å². The van der Waals surface area contributed by atoms with Gasteiger partial charge in [-0.2, -0.15) is 0 Å². The second kappa shape index (κ2) is 19.7. The average molecular weight is 477 g/mol. The number of allylic oxidation sites excluding steroid dienone is 4. The Labute approximate surface area is 209 Å². The first kappa shape index (κ1) is 30.5. The minimum atomic E-state index is -0.678. The fourth-order valence-electron chi connectivity index (χ4n) is 5.73. The zero-order valence-corrected chi connectivity index (χ0v) is 22.1. The highest BCUT2D eigenvalue weighted by atomic mass is 16.4. The van der Waals surface area contributed by atoms with Crippen LogP contribution in [0.3, 0.4) is 0 Å².